The molecule has 1 unspecified atom stereocenters. The lowest BCUT2D eigenvalue weighted by atomic mass is 9.47. The molecule has 5 fully saturated rings. The van der Waals surface area contributed by atoms with Crippen molar-refractivity contribution in [2.45, 2.75) is 43.5 Å². The molecule has 178 valence electrons. The minimum absolute atomic E-state index is 0.0886. The maximum Gasteiger partial charge on any atom is 0.318 e. The van der Waals surface area contributed by atoms with Gasteiger partial charge in [-0.15, -0.1) is 0 Å². The van der Waals surface area contributed by atoms with Crippen LogP contribution in [0.15, 0.2) is 42.5 Å². The summed E-state index contributed by atoms with van der Waals surface area (Å²) < 4.78 is 11.9. The quantitative estimate of drug-likeness (QED) is 0.320. The third kappa shape index (κ3) is 2.85. The van der Waals surface area contributed by atoms with Crippen LogP contribution in [0, 0.1) is 43.9 Å². The number of hydrogen-bond acceptors (Lipinski definition) is 8. The topological polar surface area (TPSA) is 123 Å². The standard InChI is InChI=1S/C24H24N2O8/c1-31-24(23(33-34-24)17-8-14-7-15(10-17)11-18(23)9-14)16-3-2-4-20(12-16)32-22-6-5-19(25(27)28)13-21(22)26(29)30/h2-6,12-15,17-18H,7-11H2,1H3. The van der Waals surface area contributed by atoms with Crippen LogP contribution < -0.4 is 4.74 Å². The number of hydrogen-bond donors (Lipinski definition) is 0. The van der Waals surface area contributed by atoms with Crippen LogP contribution in [0.25, 0.3) is 0 Å². The monoisotopic (exact) mass is 468 g/mol. The van der Waals surface area contributed by atoms with Gasteiger partial charge in [-0.1, -0.05) is 12.1 Å². The molecule has 0 radical (unpaired) electrons. The highest BCUT2D eigenvalue weighted by molar-refractivity contribution is 5.55. The van der Waals surface area contributed by atoms with Crippen molar-refractivity contribution >= 4 is 11.4 Å². The summed E-state index contributed by atoms with van der Waals surface area (Å²) in [5.41, 5.74) is -0.708. The van der Waals surface area contributed by atoms with E-state index in [0.29, 0.717) is 17.6 Å². The predicted molar refractivity (Wildman–Crippen MR) is 117 cm³/mol. The summed E-state index contributed by atoms with van der Waals surface area (Å²) in [6, 6.07) is 10.4. The van der Waals surface area contributed by atoms with E-state index in [4.69, 9.17) is 19.2 Å². The normalized spacial score (nSPS) is 35.2. The second-order valence-corrected chi connectivity index (χ2v) is 9.88. The largest absolute Gasteiger partial charge is 0.450 e. The Morgan fingerprint density at radius 2 is 1.62 bits per heavy atom. The van der Waals surface area contributed by atoms with Gasteiger partial charge in [-0.2, -0.15) is 4.89 Å². The number of nitro benzene ring substituents is 2. The first-order valence-corrected chi connectivity index (χ1v) is 11.5. The maximum atomic E-state index is 11.5. The van der Waals surface area contributed by atoms with E-state index < -0.39 is 26.9 Å². The summed E-state index contributed by atoms with van der Waals surface area (Å²) >= 11 is 0. The Labute approximate surface area is 195 Å². The lowest BCUT2D eigenvalue weighted by Crippen LogP contribution is -2.76. The van der Waals surface area contributed by atoms with Gasteiger partial charge >= 0.3 is 5.69 Å². The molecule has 5 aliphatic rings. The Bertz CT molecular complexity index is 1150. The Hall–Kier alpha value is -3.08. The molecule has 0 aromatic heterocycles. The van der Waals surface area contributed by atoms with Gasteiger partial charge in [-0.05, 0) is 74.0 Å². The fourth-order valence-electron chi connectivity index (χ4n) is 7.10. The molecule has 1 aliphatic heterocycles. The SMILES string of the molecule is COC1(c2cccc(Oc3ccc([N+](=O)[O-])cc3[N+](=O)[O-])c2)OOC12C1CC3CC(C1)CC2C3. The van der Waals surface area contributed by atoms with E-state index in [-0.39, 0.29) is 11.4 Å². The van der Waals surface area contributed by atoms with Gasteiger partial charge in [0.25, 0.3) is 11.5 Å². The van der Waals surface area contributed by atoms with E-state index in [2.05, 4.69) is 0 Å². The van der Waals surface area contributed by atoms with Gasteiger partial charge in [-0.3, -0.25) is 20.2 Å². The fourth-order valence-corrected chi connectivity index (χ4v) is 7.10. The Morgan fingerprint density at radius 1 is 0.912 bits per heavy atom. The third-order valence-corrected chi connectivity index (χ3v) is 8.24. The van der Waals surface area contributed by atoms with Crippen molar-refractivity contribution in [3.63, 3.8) is 0 Å². The van der Waals surface area contributed by atoms with Crippen LogP contribution in [0.2, 0.25) is 0 Å². The zero-order valence-corrected chi connectivity index (χ0v) is 18.5. The van der Waals surface area contributed by atoms with E-state index in [1.807, 2.05) is 6.07 Å². The number of ether oxygens (including phenoxy) is 2. The molecule has 2 aromatic carbocycles. The minimum Gasteiger partial charge on any atom is -0.450 e. The van der Waals surface area contributed by atoms with Crippen molar-refractivity contribution in [3.05, 3.63) is 68.3 Å². The lowest BCUT2D eigenvalue weighted by molar-refractivity contribution is -0.645. The van der Waals surface area contributed by atoms with Crippen molar-refractivity contribution in [3.8, 4) is 11.5 Å². The van der Waals surface area contributed by atoms with E-state index in [1.54, 1.807) is 25.3 Å². The summed E-state index contributed by atoms with van der Waals surface area (Å²) in [6.45, 7) is 0. The number of methoxy groups -OCH3 is 1. The average Bonchev–Trinajstić information content (AvgIpc) is 2.79. The second kappa shape index (κ2) is 7.46. The van der Waals surface area contributed by atoms with Gasteiger partial charge < -0.3 is 9.47 Å². The second-order valence-electron chi connectivity index (χ2n) is 9.88. The van der Waals surface area contributed by atoms with Crippen LogP contribution in [0.4, 0.5) is 11.4 Å². The number of non-ortho nitro benzene ring substituents is 1. The van der Waals surface area contributed by atoms with Gasteiger partial charge in [-0.25, -0.2) is 4.89 Å². The molecule has 4 saturated carbocycles. The number of benzene rings is 2. The average molecular weight is 468 g/mol. The van der Waals surface area contributed by atoms with E-state index >= 15 is 0 Å². The zero-order valence-electron chi connectivity index (χ0n) is 18.5. The van der Waals surface area contributed by atoms with Crippen LogP contribution >= 0.6 is 0 Å². The van der Waals surface area contributed by atoms with Crippen LogP contribution in [0.1, 0.15) is 37.7 Å². The summed E-state index contributed by atoms with van der Waals surface area (Å²) in [5, 5.41) is 22.5. The van der Waals surface area contributed by atoms with Gasteiger partial charge in [0, 0.05) is 18.7 Å². The third-order valence-electron chi connectivity index (χ3n) is 8.24. The van der Waals surface area contributed by atoms with Crippen molar-refractivity contribution < 1.29 is 29.1 Å². The highest BCUT2D eigenvalue weighted by Crippen LogP contribution is 2.69. The molecule has 1 saturated heterocycles. The maximum absolute atomic E-state index is 11.5. The zero-order chi connectivity index (χ0) is 23.7. The predicted octanol–water partition coefficient (Wildman–Crippen LogP) is 5.25. The first-order valence-electron chi connectivity index (χ1n) is 11.5. The molecule has 2 aromatic rings. The van der Waals surface area contributed by atoms with Crippen molar-refractivity contribution in [1.29, 1.82) is 0 Å². The van der Waals surface area contributed by atoms with Gasteiger partial charge in [0.05, 0.1) is 15.9 Å². The number of nitro groups is 2. The van der Waals surface area contributed by atoms with Gasteiger partial charge in [0.2, 0.25) is 5.75 Å². The van der Waals surface area contributed by atoms with Crippen LogP contribution in [0.3, 0.4) is 0 Å². The fraction of sp³-hybridized carbons (Fsp3) is 0.500. The highest BCUT2D eigenvalue weighted by atomic mass is 17.3. The van der Waals surface area contributed by atoms with Crippen molar-refractivity contribution in [2.75, 3.05) is 7.11 Å². The van der Waals surface area contributed by atoms with E-state index in [1.165, 1.54) is 18.6 Å². The number of nitrogens with zero attached hydrogens (tertiary/aromatic N) is 2. The molecule has 10 heteroatoms. The summed E-state index contributed by atoms with van der Waals surface area (Å²) in [7, 11) is 1.62. The summed E-state index contributed by atoms with van der Waals surface area (Å²) in [6.07, 6.45) is 5.72. The van der Waals surface area contributed by atoms with Crippen molar-refractivity contribution in [1.82, 2.24) is 0 Å². The Morgan fingerprint density at radius 3 is 2.18 bits per heavy atom. The molecule has 0 N–H and O–H groups in total. The van der Waals surface area contributed by atoms with Crippen LogP contribution in [-0.2, 0) is 20.3 Å². The summed E-state index contributed by atoms with van der Waals surface area (Å²) in [4.78, 5) is 32.9. The molecule has 1 atom stereocenters. The van der Waals surface area contributed by atoms with Gasteiger partial charge in [0.1, 0.15) is 5.75 Å². The van der Waals surface area contributed by atoms with E-state index in [9.17, 15) is 20.2 Å². The molecular formula is C24H24N2O8. The Balaban J connectivity index is 1.35. The molecule has 1 heterocycles. The molecule has 0 amide bonds. The highest BCUT2D eigenvalue weighted by Gasteiger charge is 2.76. The van der Waals surface area contributed by atoms with Crippen LogP contribution in [0.5, 0.6) is 11.5 Å². The van der Waals surface area contributed by atoms with Gasteiger partial charge in [0.15, 0.2) is 5.60 Å². The Kier molecular flexibility index (Phi) is 4.71. The van der Waals surface area contributed by atoms with Crippen molar-refractivity contribution in [2.24, 2.45) is 23.7 Å². The minimum atomic E-state index is -1.09. The smallest absolute Gasteiger partial charge is 0.318 e. The molecule has 7 rings (SSSR count). The molecule has 4 aliphatic carbocycles. The van der Waals surface area contributed by atoms with E-state index in [0.717, 1.165) is 49.1 Å². The summed E-state index contributed by atoms with van der Waals surface area (Å²) in [5.74, 6) is 1.33. The molecule has 4 bridgehead atoms. The van der Waals surface area contributed by atoms with Crippen LogP contribution in [-0.4, -0.2) is 22.6 Å². The first kappa shape index (κ1) is 21.5. The molecular weight excluding hydrogens is 444 g/mol. The molecule has 10 nitrogen and oxygen atoms in total. The molecule has 34 heavy (non-hydrogen) atoms. The lowest BCUT2D eigenvalue weighted by Gasteiger charge is -2.68. The number of rotatable bonds is 6. The first-order chi connectivity index (χ1) is 16.4. The molecule has 1 spiro atoms.